The predicted octanol–water partition coefficient (Wildman–Crippen LogP) is 2.53. The molecule has 0 saturated carbocycles. The Morgan fingerprint density at radius 1 is 1.24 bits per heavy atom. The first kappa shape index (κ1) is 15.9. The lowest BCUT2D eigenvalue weighted by atomic mass is 10.1. The average Bonchev–Trinajstić information content (AvgIpc) is 2.48. The van der Waals surface area contributed by atoms with Crippen LogP contribution in [0.2, 0.25) is 0 Å². The molecule has 2 rings (SSSR count). The molecule has 1 aliphatic heterocycles. The zero-order valence-corrected chi connectivity index (χ0v) is 13.1. The van der Waals surface area contributed by atoms with Gasteiger partial charge in [-0.25, -0.2) is 0 Å². The minimum absolute atomic E-state index is 0.0238. The highest BCUT2D eigenvalue weighted by atomic mass is 32.1. The number of nitrogens with zero attached hydrogens (tertiary/aromatic N) is 1. The van der Waals surface area contributed by atoms with E-state index in [1.807, 2.05) is 24.3 Å². The van der Waals surface area contributed by atoms with Gasteiger partial charge < -0.3 is 16.0 Å². The monoisotopic (exact) mass is 305 g/mol. The van der Waals surface area contributed by atoms with E-state index in [1.165, 1.54) is 32.4 Å². The molecule has 4 nitrogen and oxygen atoms in total. The molecular weight excluding hydrogens is 282 g/mol. The van der Waals surface area contributed by atoms with E-state index in [1.54, 1.807) is 0 Å². The molecule has 0 aromatic heterocycles. The SMILES string of the molecule is NC(=S)c1ccccc1NC(=O)CCCN1CCCCC1. The van der Waals surface area contributed by atoms with Crippen molar-refractivity contribution in [3.63, 3.8) is 0 Å². The highest BCUT2D eigenvalue weighted by Gasteiger charge is 2.11. The molecule has 114 valence electrons. The Morgan fingerprint density at radius 3 is 2.67 bits per heavy atom. The first-order valence-electron chi connectivity index (χ1n) is 7.58. The van der Waals surface area contributed by atoms with Crippen molar-refractivity contribution in [2.75, 3.05) is 25.0 Å². The summed E-state index contributed by atoms with van der Waals surface area (Å²) in [5.74, 6) is 0.0238. The normalized spacial score (nSPS) is 15.6. The molecule has 1 amide bonds. The first-order chi connectivity index (χ1) is 10.2. The number of hydrogen-bond donors (Lipinski definition) is 2. The third-order valence-corrected chi connectivity index (χ3v) is 4.01. The smallest absolute Gasteiger partial charge is 0.224 e. The Morgan fingerprint density at radius 2 is 1.95 bits per heavy atom. The second-order valence-corrected chi connectivity index (χ2v) is 5.90. The predicted molar refractivity (Wildman–Crippen MR) is 90.5 cm³/mol. The second-order valence-electron chi connectivity index (χ2n) is 5.46. The van der Waals surface area contributed by atoms with E-state index < -0.39 is 0 Å². The van der Waals surface area contributed by atoms with E-state index >= 15 is 0 Å². The minimum Gasteiger partial charge on any atom is -0.389 e. The molecule has 0 spiro atoms. The van der Waals surface area contributed by atoms with Crippen LogP contribution >= 0.6 is 12.2 Å². The lowest BCUT2D eigenvalue weighted by molar-refractivity contribution is -0.116. The molecule has 0 unspecified atom stereocenters. The number of anilines is 1. The van der Waals surface area contributed by atoms with Crippen molar-refractivity contribution in [3.05, 3.63) is 29.8 Å². The van der Waals surface area contributed by atoms with Crippen molar-refractivity contribution in [3.8, 4) is 0 Å². The van der Waals surface area contributed by atoms with Crippen LogP contribution in [0.4, 0.5) is 5.69 Å². The Bertz CT molecular complexity index is 498. The van der Waals surface area contributed by atoms with E-state index in [0.717, 1.165) is 18.5 Å². The van der Waals surface area contributed by atoms with Gasteiger partial charge in [-0.15, -0.1) is 0 Å². The van der Waals surface area contributed by atoms with Gasteiger partial charge in [0.1, 0.15) is 4.99 Å². The first-order valence-corrected chi connectivity index (χ1v) is 7.98. The van der Waals surface area contributed by atoms with Gasteiger partial charge in [-0.05, 0) is 51.0 Å². The van der Waals surface area contributed by atoms with Gasteiger partial charge in [-0.3, -0.25) is 4.79 Å². The maximum absolute atomic E-state index is 12.0. The van der Waals surface area contributed by atoms with Gasteiger partial charge in [0.05, 0.1) is 5.69 Å². The van der Waals surface area contributed by atoms with Crippen molar-refractivity contribution < 1.29 is 4.79 Å². The van der Waals surface area contributed by atoms with Crippen LogP contribution in [0.15, 0.2) is 24.3 Å². The van der Waals surface area contributed by atoms with Crippen LogP contribution in [0.3, 0.4) is 0 Å². The second kappa shape index (κ2) is 8.10. The molecule has 1 heterocycles. The lowest BCUT2D eigenvalue weighted by Gasteiger charge is -2.26. The van der Waals surface area contributed by atoms with Crippen LogP contribution < -0.4 is 11.1 Å². The summed E-state index contributed by atoms with van der Waals surface area (Å²) in [7, 11) is 0. The van der Waals surface area contributed by atoms with Gasteiger partial charge >= 0.3 is 0 Å². The minimum atomic E-state index is 0.0238. The Hall–Kier alpha value is -1.46. The number of rotatable bonds is 6. The fraction of sp³-hybridized carbons (Fsp3) is 0.500. The number of likely N-dealkylation sites (tertiary alicyclic amines) is 1. The summed E-state index contributed by atoms with van der Waals surface area (Å²) >= 11 is 5.00. The van der Waals surface area contributed by atoms with Gasteiger partial charge in [-0.2, -0.15) is 0 Å². The van der Waals surface area contributed by atoms with Gasteiger partial charge in [0.25, 0.3) is 0 Å². The summed E-state index contributed by atoms with van der Waals surface area (Å²) in [5.41, 5.74) is 7.08. The molecule has 1 saturated heterocycles. The molecule has 21 heavy (non-hydrogen) atoms. The number of amides is 1. The number of thiocarbonyl (C=S) groups is 1. The summed E-state index contributed by atoms with van der Waals surface area (Å²) in [4.78, 5) is 14.8. The molecule has 1 fully saturated rings. The highest BCUT2D eigenvalue weighted by molar-refractivity contribution is 7.80. The molecule has 5 heteroatoms. The highest BCUT2D eigenvalue weighted by Crippen LogP contribution is 2.15. The zero-order chi connectivity index (χ0) is 15.1. The van der Waals surface area contributed by atoms with Gasteiger partial charge in [0, 0.05) is 12.0 Å². The van der Waals surface area contributed by atoms with Gasteiger partial charge in [0.15, 0.2) is 0 Å². The van der Waals surface area contributed by atoms with Gasteiger partial charge in [-0.1, -0.05) is 30.8 Å². The number of carbonyl (C=O) groups excluding carboxylic acids is 1. The summed E-state index contributed by atoms with van der Waals surface area (Å²) in [6, 6.07) is 7.38. The molecule has 0 atom stereocenters. The van der Waals surface area contributed by atoms with E-state index in [0.29, 0.717) is 17.1 Å². The maximum Gasteiger partial charge on any atom is 0.224 e. The Kier molecular flexibility index (Phi) is 6.14. The number of benzene rings is 1. The van der Waals surface area contributed by atoms with Crippen molar-refractivity contribution >= 4 is 28.8 Å². The molecule has 1 aromatic rings. The largest absolute Gasteiger partial charge is 0.389 e. The Balaban J connectivity index is 1.78. The summed E-state index contributed by atoms with van der Waals surface area (Å²) in [5, 5.41) is 2.90. The van der Waals surface area contributed by atoms with Crippen molar-refractivity contribution in [1.29, 1.82) is 0 Å². The summed E-state index contributed by atoms with van der Waals surface area (Å²) < 4.78 is 0. The van der Waals surface area contributed by atoms with Crippen molar-refractivity contribution in [2.45, 2.75) is 32.1 Å². The van der Waals surface area contributed by atoms with E-state index in [4.69, 9.17) is 18.0 Å². The zero-order valence-electron chi connectivity index (χ0n) is 12.3. The number of carbonyl (C=O) groups is 1. The quantitative estimate of drug-likeness (QED) is 0.793. The topological polar surface area (TPSA) is 58.4 Å². The van der Waals surface area contributed by atoms with Crippen LogP contribution in [-0.2, 0) is 4.79 Å². The van der Waals surface area contributed by atoms with Crippen LogP contribution in [-0.4, -0.2) is 35.4 Å². The average molecular weight is 305 g/mol. The van der Waals surface area contributed by atoms with Crippen molar-refractivity contribution in [1.82, 2.24) is 4.90 Å². The third kappa shape index (κ3) is 5.10. The molecule has 0 bridgehead atoms. The lowest BCUT2D eigenvalue weighted by Crippen LogP contribution is -2.31. The van der Waals surface area contributed by atoms with E-state index in [-0.39, 0.29) is 5.91 Å². The van der Waals surface area contributed by atoms with Crippen LogP contribution in [0.1, 0.15) is 37.7 Å². The van der Waals surface area contributed by atoms with E-state index in [2.05, 4.69) is 10.2 Å². The third-order valence-electron chi connectivity index (χ3n) is 3.79. The standard InChI is InChI=1S/C16H23N3OS/c17-16(21)13-7-2-3-8-14(13)18-15(20)9-6-12-19-10-4-1-5-11-19/h2-3,7-8H,1,4-6,9-12H2,(H2,17,21)(H,18,20). The number of hydrogen-bond acceptors (Lipinski definition) is 3. The number of nitrogens with one attached hydrogen (secondary N) is 1. The summed E-state index contributed by atoms with van der Waals surface area (Å²) in [6.07, 6.45) is 5.33. The Labute approximate surface area is 131 Å². The molecule has 1 aliphatic rings. The maximum atomic E-state index is 12.0. The number of para-hydroxylation sites is 1. The fourth-order valence-corrected chi connectivity index (χ4v) is 2.84. The van der Waals surface area contributed by atoms with Crippen LogP contribution in [0.5, 0.6) is 0 Å². The molecule has 0 radical (unpaired) electrons. The van der Waals surface area contributed by atoms with E-state index in [9.17, 15) is 4.79 Å². The summed E-state index contributed by atoms with van der Waals surface area (Å²) in [6.45, 7) is 3.35. The molecule has 0 aliphatic carbocycles. The molecule has 3 N–H and O–H groups in total. The molecule has 1 aromatic carbocycles. The van der Waals surface area contributed by atoms with Crippen LogP contribution in [0.25, 0.3) is 0 Å². The fourth-order valence-electron chi connectivity index (χ4n) is 2.67. The van der Waals surface area contributed by atoms with Gasteiger partial charge in [0.2, 0.25) is 5.91 Å². The number of piperidine rings is 1. The van der Waals surface area contributed by atoms with Crippen LogP contribution in [0, 0.1) is 0 Å². The van der Waals surface area contributed by atoms with Crippen molar-refractivity contribution in [2.24, 2.45) is 5.73 Å². The number of nitrogens with two attached hydrogens (primary N) is 1. The molecular formula is C16H23N3OS.